The maximum Gasteiger partial charge on any atom is 0.250 e. The van der Waals surface area contributed by atoms with Crippen LogP contribution in [0.3, 0.4) is 0 Å². The Balaban J connectivity index is 2.06. The lowest BCUT2D eigenvalue weighted by molar-refractivity contribution is -0.116. The van der Waals surface area contributed by atoms with E-state index < -0.39 is 17.8 Å². The summed E-state index contributed by atoms with van der Waals surface area (Å²) in [6, 6.07) is 6.28. The summed E-state index contributed by atoms with van der Waals surface area (Å²) in [6.07, 6.45) is 1.97. The Bertz CT molecular complexity index is 1190. The van der Waals surface area contributed by atoms with Crippen LogP contribution in [0.15, 0.2) is 36.9 Å². The molecule has 0 spiro atoms. The fourth-order valence-corrected chi connectivity index (χ4v) is 4.29. The van der Waals surface area contributed by atoms with Crippen molar-refractivity contribution in [1.82, 2.24) is 10.3 Å². The molecule has 1 aliphatic heterocycles. The van der Waals surface area contributed by atoms with E-state index in [1.165, 1.54) is 12.1 Å². The molecule has 1 aromatic heterocycles. The second-order valence-electron chi connectivity index (χ2n) is 7.39. The van der Waals surface area contributed by atoms with Crippen molar-refractivity contribution < 1.29 is 14.0 Å². The molecule has 2 aromatic carbocycles. The van der Waals surface area contributed by atoms with Crippen LogP contribution in [0, 0.1) is 19.7 Å². The first kappa shape index (κ1) is 19.1. The molecular weight excluding hydrogens is 369 g/mol. The van der Waals surface area contributed by atoms with Gasteiger partial charge in [-0.3, -0.25) is 9.59 Å². The van der Waals surface area contributed by atoms with Gasteiger partial charge in [-0.2, -0.15) is 0 Å². The predicted molar refractivity (Wildman–Crippen MR) is 111 cm³/mol. The molecule has 0 bridgehead atoms. The molecule has 148 valence electrons. The first-order valence-electron chi connectivity index (χ1n) is 9.48. The van der Waals surface area contributed by atoms with E-state index in [0.29, 0.717) is 29.4 Å². The van der Waals surface area contributed by atoms with Crippen molar-refractivity contribution in [3.05, 3.63) is 70.7 Å². The van der Waals surface area contributed by atoms with E-state index in [9.17, 15) is 9.59 Å². The highest BCUT2D eigenvalue weighted by Gasteiger charge is 2.28. The lowest BCUT2D eigenvalue weighted by atomic mass is 9.84. The van der Waals surface area contributed by atoms with Crippen LogP contribution in [0.25, 0.3) is 22.0 Å². The van der Waals surface area contributed by atoms with Gasteiger partial charge in [-0.1, -0.05) is 24.8 Å². The number of halogens is 1. The molecular formula is C23H22FN3O2. The van der Waals surface area contributed by atoms with Gasteiger partial charge in [0.2, 0.25) is 0 Å². The van der Waals surface area contributed by atoms with Crippen molar-refractivity contribution in [3.8, 4) is 11.1 Å². The molecule has 0 unspecified atom stereocenters. The number of carbonyl (C=O) groups is 2. The highest BCUT2D eigenvalue weighted by atomic mass is 19.1. The molecule has 5 nitrogen and oxygen atoms in total. The SMILES string of the molecule is C=CC(=O)[C@@H]1NCCc2c(-c3c(F)cc(C(N)=O)c4[nH]c(C)c(C)c34)cccc21. The number of primary amides is 1. The topological polar surface area (TPSA) is 88.0 Å². The summed E-state index contributed by atoms with van der Waals surface area (Å²) in [4.78, 5) is 27.4. The summed E-state index contributed by atoms with van der Waals surface area (Å²) < 4.78 is 15.4. The van der Waals surface area contributed by atoms with Gasteiger partial charge >= 0.3 is 0 Å². The molecule has 1 atom stereocenters. The van der Waals surface area contributed by atoms with Crippen LogP contribution < -0.4 is 11.1 Å². The van der Waals surface area contributed by atoms with Crippen LogP contribution in [-0.4, -0.2) is 23.2 Å². The summed E-state index contributed by atoms with van der Waals surface area (Å²) in [6.45, 7) is 7.96. The second kappa shape index (κ2) is 6.97. The van der Waals surface area contributed by atoms with Gasteiger partial charge in [0.25, 0.3) is 5.91 Å². The Hall–Kier alpha value is -3.25. The molecule has 0 saturated heterocycles. The summed E-state index contributed by atoms with van der Waals surface area (Å²) in [5, 5.41) is 3.86. The number of amides is 1. The molecule has 0 aliphatic carbocycles. The van der Waals surface area contributed by atoms with Crippen LogP contribution in [0.1, 0.15) is 38.8 Å². The van der Waals surface area contributed by atoms with Gasteiger partial charge in [-0.05, 0) is 54.7 Å². The van der Waals surface area contributed by atoms with E-state index in [0.717, 1.165) is 27.9 Å². The highest BCUT2D eigenvalue weighted by molar-refractivity contribution is 6.11. The average molecular weight is 391 g/mol. The van der Waals surface area contributed by atoms with E-state index >= 15 is 4.39 Å². The molecule has 1 aliphatic rings. The van der Waals surface area contributed by atoms with Crippen molar-refractivity contribution in [1.29, 1.82) is 0 Å². The van der Waals surface area contributed by atoms with Crippen LogP contribution in [-0.2, 0) is 11.2 Å². The van der Waals surface area contributed by atoms with Crippen molar-refractivity contribution >= 4 is 22.6 Å². The highest BCUT2D eigenvalue weighted by Crippen LogP contribution is 2.40. The number of fused-ring (bicyclic) bond motifs is 2. The number of carbonyl (C=O) groups excluding carboxylic acids is 2. The number of H-pyrrole nitrogens is 1. The summed E-state index contributed by atoms with van der Waals surface area (Å²) in [5.74, 6) is -1.31. The van der Waals surface area contributed by atoms with Gasteiger partial charge in [-0.15, -0.1) is 0 Å². The number of ketones is 1. The minimum atomic E-state index is -0.683. The maximum atomic E-state index is 15.4. The Labute approximate surface area is 167 Å². The van der Waals surface area contributed by atoms with Gasteiger partial charge < -0.3 is 16.0 Å². The summed E-state index contributed by atoms with van der Waals surface area (Å²) >= 11 is 0. The molecule has 0 fully saturated rings. The zero-order chi connectivity index (χ0) is 20.9. The van der Waals surface area contributed by atoms with Gasteiger partial charge in [0, 0.05) is 23.2 Å². The normalized spacial score (nSPS) is 15.9. The first-order valence-corrected chi connectivity index (χ1v) is 9.48. The van der Waals surface area contributed by atoms with Gasteiger partial charge in [0.1, 0.15) is 5.82 Å². The standard InChI is InChI=1S/C23H22FN3O2/c1-4-18(28)21-15-7-5-6-14(13(15)8-9-26-21)20-17(24)10-16(23(25)29)22-19(20)11(2)12(3)27-22/h4-7,10,21,26-27H,1,8-9H2,2-3H3,(H2,25,29)/t21-/m1/s1. The molecule has 0 saturated carbocycles. The fourth-order valence-electron chi connectivity index (χ4n) is 4.29. The van der Waals surface area contributed by atoms with Crippen molar-refractivity contribution in [2.45, 2.75) is 26.3 Å². The minimum absolute atomic E-state index is 0.119. The fraction of sp³-hybridized carbons (Fsp3) is 0.217. The van der Waals surface area contributed by atoms with Crippen LogP contribution in [0.4, 0.5) is 4.39 Å². The number of rotatable bonds is 4. The van der Waals surface area contributed by atoms with Crippen LogP contribution in [0.2, 0.25) is 0 Å². The second-order valence-corrected chi connectivity index (χ2v) is 7.39. The molecule has 3 aromatic rings. The molecule has 2 heterocycles. The Kier molecular flexibility index (Phi) is 4.59. The molecule has 0 radical (unpaired) electrons. The zero-order valence-electron chi connectivity index (χ0n) is 16.4. The van der Waals surface area contributed by atoms with E-state index in [2.05, 4.69) is 16.9 Å². The molecule has 29 heavy (non-hydrogen) atoms. The smallest absolute Gasteiger partial charge is 0.250 e. The monoisotopic (exact) mass is 391 g/mol. The van der Waals surface area contributed by atoms with E-state index in [1.807, 2.05) is 32.0 Å². The first-order chi connectivity index (χ1) is 13.8. The van der Waals surface area contributed by atoms with Gasteiger partial charge in [0.15, 0.2) is 5.78 Å². The quantitative estimate of drug-likeness (QED) is 0.594. The third-order valence-corrected chi connectivity index (χ3v) is 5.80. The minimum Gasteiger partial charge on any atom is -0.366 e. The number of aromatic amines is 1. The zero-order valence-corrected chi connectivity index (χ0v) is 16.4. The van der Waals surface area contributed by atoms with Crippen LogP contribution in [0.5, 0.6) is 0 Å². The third-order valence-electron chi connectivity index (χ3n) is 5.80. The Morgan fingerprint density at radius 1 is 1.31 bits per heavy atom. The molecule has 4 rings (SSSR count). The molecule has 4 N–H and O–H groups in total. The number of aromatic nitrogens is 1. The van der Waals surface area contributed by atoms with E-state index in [4.69, 9.17) is 5.73 Å². The summed E-state index contributed by atoms with van der Waals surface area (Å²) in [7, 11) is 0. The van der Waals surface area contributed by atoms with Crippen molar-refractivity contribution in [2.75, 3.05) is 6.54 Å². The summed E-state index contributed by atoms with van der Waals surface area (Å²) in [5.41, 5.74) is 10.8. The Morgan fingerprint density at radius 2 is 2.07 bits per heavy atom. The van der Waals surface area contributed by atoms with Crippen molar-refractivity contribution in [3.63, 3.8) is 0 Å². The van der Waals surface area contributed by atoms with Gasteiger partial charge in [-0.25, -0.2) is 4.39 Å². The number of benzene rings is 2. The van der Waals surface area contributed by atoms with E-state index in [1.54, 1.807) is 0 Å². The molecule has 1 amide bonds. The Morgan fingerprint density at radius 3 is 2.76 bits per heavy atom. The number of nitrogens with two attached hydrogens (primary N) is 1. The number of nitrogens with one attached hydrogen (secondary N) is 2. The number of hydrogen-bond acceptors (Lipinski definition) is 3. The maximum absolute atomic E-state index is 15.4. The predicted octanol–water partition coefficient (Wildman–Crippen LogP) is 3.63. The third kappa shape index (κ3) is 2.87. The lowest BCUT2D eigenvalue weighted by Crippen LogP contribution is -2.34. The van der Waals surface area contributed by atoms with Crippen LogP contribution >= 0.6 is 0 Å². The number of hydrogen-bond donors (Lipinski definition) is 3. The van der Waals surface area contributed by atoms with E-state index in [-0.39, 0.29) is 11.3 Å². The number of aryl methyl sites for hydroxylation is 2. The largest absolute Gasteiger partial charge is 0.366 e. The lowest BCUT2D eigenvalue weighted by Gasteiger charge is -2.27. The molecule has 6 heteroatoms. The van der Waals surface area contributed by atoms with Crippen molar-refractivity contribution in [2.24, 2.45) is 5.73 Å². The average Bonchev–Trinajstić information content (AvgIpc) is 3.00. The van der Waals surface area contributed by atoms with Gasteiger partial charge in [0.05, 0.1) is 17.1 Å².